The molecule has 0 radical (unpaired) electrons. The quantitative estimate of drug-likeness (QED) is 0.115. The van der Waals surface area contributed by atoms with Gasteiger partial charge in [0.1, 0.15) is 43.2 Å². The summed E-state index contributed by atoms with van der Waals surface area (Å²) in [5.74, 6) is -2.30. The zero-order valence-electron chi connectivity index (χ0n) is 12.6. The minimum atomic E-state index is -2.30. The molecule has 2 aliphatic heterocycles. The Morgan fingerprint density at radius 2 is 1.32 bits per heavy atom. The van der Waals surface area contributed by atoms with Gasteiger partial charge in [0, 0.05) is 0 Å². The molecule has 148 valence electrons. The molecule has 8 N–H and O–H groups in total. The highest BCUT2D eigenvalue weighted by atomic mass is 127. The minimum Gasteiger partial charge on any atom is -0.394 e. The van der Waals surface area contributed by atoms with Gasteiger partial charge in [-0.1, -0.05) is 0 Å². The summed E-state index contributed by atoms with van der Waals surface area (Å²) >= 11 is 2.77. The van der Waals surface area contributed by atoms with Crippen LogP contribution in [0.1, 0.15) is 0 Å². The van der Waals surface area contributed by atoms with Crippen molar-refractivity contribution in [3.63, 3.8) is 0 Å². The van der Waals surface area contributed by atoms with E-state index in [1.807, 2.05) is 0 Å². The lowest BCUT2D eigenvalue weighted by Gasteiger charge is -2.52. The summed E-state index contributed by atoms with van der Waals surface area (Å²) in [7, 11) is 0. The predicted molar refractivity (Wildman–Crippen MR) is 94.6 cm³/mol. The molecule has 2 fully saturated rings. The van der Waals surface area contributed by atoms with E-state index >= 15 is 0 Å². The Morgan fingerprint density at radius 1 is 0.840 bits per heavy atom. The van der Waals surface area contributed by atoms with Crippen LogP contribution in [0.25, 0.3) is 0 Å². The molecule has 11 nitrogen and oxygen atoms in total. The normalized spacial score (nSPS) is 54.0. The van der Waals surface area contributed by atoms with Crippen molar-refractivity contribution in [2.75, 3.05) is 19.8 Å². The molecule has 25 heavy (non-hydrogen) atoms. The van der Waals surface area contributed by atoms with E-state index in [0.717, 1.165) is 0 Å². The summed E-state index contributed by atoms with van der Waals surface area (Å²) in [6.07, 6.45) is -9.54. The van der Waals surface area contributed by atoms with Crippen LogP contribution in [0.3, 0.4) is 0 Å². The fraction of sp³-hybridized carbons (Fsp3) is 1.00. The van der Waals surface area contributed by atoms with Crippen molar-refractivity contribution in [1.29, 1.82) is 0 Å². The van der Waals surface area contributed by atoms with Crippen LogP contribution in [-0.2, 0) is 14.2 Å². The number of alkyl halides is 2. The molecule has 0 aromatic carbocycles. The number of aliphatic hydroxyl groups is 8. The maximum Gasteiger partial charge on any atom is 0.266 e. The van der Waals surface area contributed by atoms with Crippen molar-refractivity contribution in [1.82, 2.24) is 0 Å². The molecule has 0 saturated carbocycles. The molecule has 0 aliphatic carbocycles. The maximum absolute atomic E-state index is 10.6. The van der Waals surface area contributed by atoms with Crippen molar-refractivity contribution in [2.45, 2.75) is 49.8 Å². The highest BCUT2D eigenvalue weighted by Gasteiger charge is 2.68. The monoisotopic (exact) mass is 594 g/mol. The van der Waals surface area contributed by atoms with E-state index in [1.54, 1.807) is 0 Å². The maximum atomic E-state index is 10.6. The molecule has 0 spiro atoms. The molecule has 0 aromatic rings. The van der Waals surface area contributed by atoms with Crippen LogP contribution in [0.4, 0.5) is 0 Å². The first kappa shape index (κ1) is 22.3. The zero-order chi connectivity index (χ0) is 19.2. The highest BCUT2D eigenvalue weighted by Crippen LogP contribution is 2.51. The molecule has 9 atom stereocenters. The van der Waals surface area contributed by atoms with Gasteiger partial charge in [-0.05, 0) is 45.2 Å². The van der Waals surface area contributed by atoms with Gasteiger partial charge in [0.2, 0.25) is 9.39 Å². The fourth-order valence-corrected chi connectivity index (χ4v) is 4.29. The zero-order valence-corrected chi connectivity index (χ0v) is 17.0. The van der Waals surface area contributed by atoms with Gasteiger partial charge in [0.25, 0.3) is 3.79 Å². The Morgan fingerprint density at radius 3 is 1.76 bits per heavy atom. The molecule has 0 aromatic heterocycles. The van der Waals surface area contributed by atoms with Gasteiger partial charge in [0.15, 0.2) is 0 Å². The number of halogens is 2. The van der Waals surface area contributed by atoms with E-state index in [9.17, 15) is 40.9 Å². The third-order valence-corrected chi connectivity index (χ3v) is 7.89. The standard InChI is InChI=1S/C12H20I2O11/c13-11(22)9(21)7(19)5(2-16)24-12(11,14)25-10(3-17)8(20)6(18)4(1-15)23-10/h4-9,15-22H,1-3H2/t4-,5-,6-,7-,8+,9+,10?,11-,12-/m1/s1. The van der Waals surface area contributed by atoms with Gasteiger partial charge >= 0.3 is 0 Å². The lowest BCUT2D eigenvalue weighted by Crippen LogP contribution is -2.71. The molecule has 2 aliphatic rings. The number of hydrogen-bond donors (Lipinski definition) is 8. The largest absolute Gasteiger partial charge is 0.394 e. The van der Waals surface area contributed by atoms with Crippen molar-refractivity contribution in [3.05, 3.63) is 0 Å². The summed E-state index contributed by atoms with van der Waals surface area (Å²) in [6.45, 7) is -2.41. The van der Waals surface area contributed by atoms with Crippen LogP contribution in [0, 0.1) is 0 Å². The molecule has 2 heterocycles. The van der Waals surface area contributed by atoms with E-state index in [4.69, 9.17) is 14.2 Å². The van der Waals surface area contributed by atoms with Crippen LogP contribution in [-0.4, -0.2) is 110 Å². The van der Waals surface area contributed by atoms with E-state index in [2.05, 4.69) is 0 Å². The summed E-state index contributed by atoms with van der Waals surface area (Å²) in [4.78, 5) is 0. The van der Waals surface area contributed by atoms with E-state index in [-0.39, 0.29) is 0 Å². The lowest BCUT2D eigenvalue weighted by molar-refractivity contribution is -0.395. The second-order valence-electron chi connectivity index (χ2n) is 5.83. The molecular weight excluding hydrogens is 574 g/mol. The van der Waals surface area contributed by atoms with Crippen LogP contribution in [0.5, 0.6) is 0 Å². The second-order valence-corrected chi connectivity index (χ2v) is 8.90. The van der Waals surface area contributed by atoms with Gasteiger partial charge in [-0.2, -0.15) is 0 Å². The first-order valence-electron chi connectivity index (χ1n) is 7.20. The first-order valence-corrected chi connectivity index (χ1v) is 9.36. The predicted octanol–water partition coefficient (Wildman–Crippen LogP) is -3.87. The SMILES string of the molecule is OC[C@H]1OC(CO)(O[C@]2(I)O[C@H](CO)[C@@H](O)[C@H](O)[C@]2(O)I)[C@@H](O)[C@@H]1O. The molecule has 0 amide bonds. The Hall–Kier alpha value is 1.02. The molecular formula is C12H20I2O11. The summed E-state index contributed by atoms with van der Waals surface area (Å²) in [6, 6.07) is 0. The van der Waals surface area contributed by atoms with Crippen LogP contribution in [0.15, 0.2) is 0 Å². The number of aliphatic hydroxyl groups excluding tert-OH is 7. The molecule has 0 bridgehead atoms. The molecule has 1 unspecified atom stereocenters. The highest BCUT2D eigenvalue weighted by molar-refractivity contribution is 14.1. The smallest absolute Gasteiger partial charge is 0.266 e. The lowest BCUT2D eigenvalue weighted by atomic mass is 9.98. The number of rotatable bonds is 5. The Labute approximate surface area is 169 Å². The first-order chi connectivity index (χ1) is 11.5. The van der Waals surface area contributed by atoms with Crippen molar-refractivity contribution >= 4 is 45.2 Å². The van der Waals surface area contributed by atoms with E-state index in [1.165, 1.54) is 45.2 Å². The molecule has 2 rings (SSSR count). The van der Waals surface area contributed by atoms with Gasteiger partial charge in [-0.15, -0.1) is 0 Å². The van der Waals surface area contributed by atoms with Gasteiger partial charge in [0.05, 0.1) is 13.2 Å². The summed E-state index contributed by atoms with van der Waals surface area (Å²) in [5, 5.41) is 78.9. The van der Waals surface area contributed by atoms with Crippen molar-refractivity contribution < 1.29 is 55.1 Å². The molecule has 2 saturated heterocycles. The van der Waals surface area contributed by atoms with Crippen LogP contribution >= 0.6 is 45.2 Å². The van der Waals surface area contributed by atoms with Crippen LogP contribution < -0.4 is 0 Å². The molecule has 13 heteroatoms. The average Bonchev–Trinajstić information content (AvgIpc) is 2.82. The topological polar surface area (TPSA) is 190 Å². The Kier molecular flexibility index (Phi) is 6.96. The van der Waals surface area contributed by atoms with Crippen LogP contribution in [0.2, 0.25) is 0 Å². The van der Waals surface area contributed by atoms with Gasteiger partial charge < -0.3 is 55.1 Å². The van der Waals surface area contributed by atoms with Crippen molar-refractivity contribution in [3.8, 4) is 0 Å². The third-order valence-electron chi connectivity index (χ3n) is 4.21. The van der Waals surface area contributed by atoms with Crippen molar-refractivity contribution in [2.24, 2.45) is 0 Å². The number of ether oxygens (including phenoxy) is 3. The second kappa shape index (κ2) is 7.80. The Bertz CT molecular complexity index is 482. The Balaban J connectivity index is 2.37. The minimum absolute atomic E-state index is 0.687. The number of hydrogen-bond acceptors (Lipinski definition) is 11. The fourth-order valence-electron chi connectivity index (χ4n) is 2.67. The van der Waals surface area contributed by atoms with Gasteiger partial charge in [-0.3, -0.25) is 0 Å². The van der Waals surface area contributed by atoms with E-state index in [0.29, 0.717) is 0 Å². The average molecular weight is 594 g/mol. The van der Waals surface area contributed by atoms with Gasteiger partial charge in [-0.25, -0.2) is 0 Å². The summed E-state index contributed by atoms with van der Waals surface area (Å²) in [5.41, 5.74) is 0. The third kappa shape index (κ3) is 3.56. The summed E-state index contributed by atoms with van der Waals surface area (Å²) < 4.78 is 11.6. The van der Waals surface area contributed by atoms with E-state index < -0.39 is 69.6 Å².